The first-order chi connectivity index (χ1) is 15.5. The maximum Gasteiger partial charge on any atom is 0.261 e. The molecule has 1 fully saturated rings. The molecule has 32 heavy (non-hydrogen) atoms. The normalized spacial score (nSPS) is 14.7. The molecule has 0 bridgehead atoms. The largest absolute Gasteiger partial charge is 0.379 e. The molecule has 164 valence electrons. The van der Waals surface area contributed by atoms with Crippen LogP contribution < -0.4 is 5.32 Å². The summed E-state index contributed by atoms with van der Waals surface area (Å²) in [6, 6.07) is 6.58. The van der Waals surface area contributed by atoms with Gasteiger partial charge in [-0.1, -0.05) is 0 Å². The van der Waals surface area contributed by atoms with Gasteiger partial charge in [0.05, 0.1) is 30.2 Å². The minimum atomic E-state index is -0.688. The highest BCUT2D eigenvalue weighted by Crippen LogP contribution is 2.24. The lowest BCUT2D eigenvalue weighted by molar-refractivity contribution is 0.0337. The molecule has 1 saturated heterocycles. The number of nitrogens with zero attached hydrogens (tertiary/aromatic N) is 4. The second kappa shape index (κ2) is 8.73. The van der Waals surface area contributed by atoms with E-state index >= 15 is 0 Å². The molecule has 1 aliphatic heterocycles. The van der Waals surface area contributed by atoms with Gasteiger partial charge in [0.1, 0.15) is 17.3 Å². The van der Waals surface area contributed by atoms with Gasteiger partial charge in [-0.25, -0.2) is 18.7 Å². The number of nitrogens with one attached hydrogen (secondary N) is 1. The van der Waals surface area contributed by atoms with Gasteiger partial charge in [0.2, 0.25) is 0 Å². The number of ether oxygens (including phenoxy) is 1. The number of benzene rings is 1. The van der Waals surface area contributed by atoms with E-state index < -0.39 is 11.6 Å². The van der Waals surface area contributed by atoms with E-state index in [1.165, 1.54) is 23.5 Å². The Hall–Kier alpha value is -3.21. The number of fused-ring (bicyclic) bond motifs is 1. The lowest BCUT2D eigenvalue weighted by Gasteiger charge is -2.25. The van der Waals surface area contributed by atoms with Crippen LogP contribution in [0.5, 0.6) is 0 Å². The molecule has 1 amide bonds. The minimum absolute atomic E-state index is 0.297. The fourth-order valence-corrected chi connectivity index (χ4v) is 4.32. The highest BCUT2D eigenvalue weighted by Gasteiger charge is 2.17. The van der Waals surface area contributed by atoms with Crippen LogP contribution in [-0.4, -0.2) is 51.5 Å². The van der Waals surface area contributed by atoms with Crippen LogP contribution >= 0.6 is 11.3 Å². The molecule has 1 aliphatic rings. The Morgan fingerprint density at radius 2 is 1.94 bits per heavy atom. The number of hydrogen-bond donors (Lipinski definition) is 1. The van der Waals surface area contributed by atoms with Crippen LogP contribution in [0, 0.1) is 11.6 Å². The third-order valence-corrected chi connectivity index (χ3v) is 5.95. The van der Waals surface area contributed by atoms with Crippen LogP contribution in [0.3, 0.4) is 0 Å². The van der Waals surface area contributed by atoms with Gasteiger partial charge in [0.25, 0.3) is 5.91 Å². The van der Waals surface area contributed by atoms with E-state index in [0.717, 1.165) is 24.8 Å². The third kappa shape index (κ3) is 4.38. The lowest BCUT2D eigenvalue weighted by Crippen LogP contribution is -2.35. The molecular formula is C22H19F2N5O2S. The number of amides is 1. The Kier molecular flexibility index (Phi) is 5.64. The second-order valence-corrected chi connectivity index (χ2v) is 8.28. The van der Waals surface area contributed by atoms with Gasteiger partial charge < -0.3 is 9.14 Å². The molecule has 4 heterocycles. The van der Waals surface area contributed by atoms with Gasteiger partial charge in [-0.15, -0.1) is 11.3 Å². The fourth-order valence-electron chi connectivity index (χ4n) is 3.62. The summed E-state index contributed by atoms with van der Waals surface area (Å²) >= 11 is 1.36. The number of halogens is 2. The topological polar surface area (TPSA) is 71.8 Å². The third-order valence-electron chi connectivity index (χ3n) is 5.15. The highest BCUT2D eigenvalue weighted by molar-refractivity contribution is 7.14. The van der Waals surface area contributed by atoms with Crippen molar-refractivity contribution in [2.45, 2.75) is 6.54 Å². The summed E-state index contributed by atoms with van der Waals surface area (Å²) in [5.74, 6) is -1.73. The molecule has 0 unspecified atom stereocenters. The minimum Gasteiger partial charge on any atom is -0.379 e. The molecule has 0 spiro atoms. The number of rotatable bonds is 5. The van der Waals surface area contributed by atoms with Crippen molar-refractivity contribution in [1.29, 1.82) is 0 Å². The number of aromatic nitrogens is 3. The predicted molar refractivity (Wildman–Crippen MR) is 117 cm³/mol. The van der Waals surface area contributed by atoms with Crippen molar-refractivity contribution in [1.82, 2.24) is 19.3 Å². The molecule has 0 aliphatic carbocycles. The zero-order chi connectivity index (χ0) is 22.1. The van der Waals surface area contributed by atoms with Gasteiger partial charge in [0.15, 0.2) is 5.13 Å². The number of carbonyl (C=O) groups is 1. The van der Waals surface area contributed by atoms with E-state index in [4.69, 9.17) is 4.74 Å². The quantitative estimate of drug-likeness (QED) is 0.495. The van der Waals surface area contributed by atoms with Crippen molar-refractivity contribution in [2.75, 3.05) is 31.6 Å². The summed E-state index contributed by atoms with van der Waals surface area (Å²) in [7, 11) is 0. The van der Waals surface area contributed by atoms with E-state index in [0.29, 0.717) is 47.4 Å². The molecule has 1 N–H and O–H groups in total. The molecule has 3 aromatic heterocycles. The van der Waals surface area contributed by atoms with E-state index in [1.54, 1.807) is 28.9 Å². The molecule has 5 rings (SSSR count). The zero-order valence-electron chi connectivity index (χ0n) is 16.9. The molecular weight excluding hydrogens is 436 g/mol. The molecule has 4 aromatic rings. The maximum atomic E-state index is 13.6. The number of imidazole rings is 1. The predicted octanol–water partition coefficient (Wildman–Crippen LogP) is 3.82. The van der Waals surface area contributed by atoms with Crippen molar-refractivity contribution in [3.05, 3.63) is 71.0 Å². The van der Waals surface area contributed by atoms with Crippen LogP contribution in [0.4, 0.5) is 13.9 Å². The second-order valence-electron chi connectivity index (χ2n) is 7.42. The Balaban J connectivity index is 1.36. The maximum absolute atomic E-state index is 13.6. The summed E-state index contributed by atoms with van der Waals surface area (Å²) in [6.45, 7) is 3.86. The number of thiazole rings is 1. The summed E-state index contributed by atoms with van der Waals surface area (Å²) in [5.41, 5.74) is 2.27. The summed E-state index contributed by atoms with van der Waals surface area (Å²) in [6.07, 6.45) is 3.35. The zero-order valence-corrected chi connectivity index (χ0v) is 17.7. The van der Waals surface area contributed by atoms with Crippen molar-refractivity contribution >= 4 is 28.0 Å². The Morgan fingerprint density at radius 3 is 2.72 bits per heavy atom. The van der Waals surface area contributed by atoms with Crippen molar-refractivity contribution in [3.8, 4) is 11.3 Å². The number of pyridine rings is 1. The Bertz CT molecular complexity index is 1260. The van der Waals surface area contributed by atoms with Crippen LogP contribution in [0.1, 0.15) is 16.1 Å². The first-order valence-electron chi connectivity index (χ1n) is 10.1. The average molecular weight is 455 g/mol. The standard InChI is InChI=1S/C22H19F2N5O2S/c23-15-8-14(9-16(24)10-15)19-12-29-3-1-2-18(20(29)26-19)21(30)27-22-25-17(13-32-22)11-28-4-6-31-7-5-28/h1-3,8-10,12-13H,4-7,11H2,(H,25,27,30). The van der Waals surface area contributed by atoms with Crippen LogP contribution in [0.25, 0.3) is 16.9 Å². The van der Waals surface area contributed by atoms with E-state index in [1.807, 2.05) is 5.38 Å². The summed E-state index contributed by atoms with van der Waals surface area (Å²) in [5, 5.41) is 5.25. The monoisotopic (exact) mass is 455 g/mol. The van der Waals surface area contributed by atoms with Gasteiger partial charge in [-0.2, -0.15) is 0 Å². The van der Waals surface area contributed by atoms with Crippen molar-refractivity contribution in [2.24, 2.45) is 0 Å². The molecule has 0 radical (unpaired) electrons. The van der Waals surface area contributed by atoms with Gasteiger partial charge >= 0.3 is 0 Å². The van der Waals surface area contributed by atoms with Gasteiger partial charge in [-0.3, -0.25) is 15.0 Å². The smallest absolute Gasteiger partial charge is 0.261 e. The van der Waals surface area contributed by atoms with Crippen LogP contribution in [0.15, 0.2) is 48.1 Å². The van der Waals surface area contributed by atoms with Crippen molar-refractivity contribution in [3.63, 3.8) is 0 Å². The number of anilines is 1. The summed E-state index contributed by atoms with van der Waals surface area (Å²) in [4.78, 5) is 24.2. The molecule has 1 aromatic carbocycles. The van der Waals surface area contributed by atoms with Crippen LogP contribution in [0.2, 0.25) is 0 Å². The van der Waals surface area contributed by atoms with E-state index in [-0.39, 0.29) is 5.91 Å². The Morgan fingerprint density at radius 1 is 1.16 bits per heavy atom. The van der Waals surface area contributed by atoms with Gasteiger partial charge in [-0.05, 0) is 24.3 Å². The number of morpholine rings is 1. The van der Waals surface area contributed by atoms with Gasteiger partial charge in [0, 0.05) is 49.0 Å². The highest BCUT2D eigenvalue weighted by atomic mass is 32.1. The summed E-state index contributed by atoms with van der Waals surface area (Å²) < 4.78 is 34.2. The van der Waals surface area contributed by atoms with E-state index in [2.05, 4.69) is 20.2 Å². The van der Waals surface area contributed by atoms with E-state index in [9.17, 15) is 13.6 Å². The van der Waals surface area contributed by atoms with Crippen LogP contribution in [-0.2, 0) is 11.3 Å². The lowest BCUT2D eigenvalue weighted by atomic mass is 10.1. The van der Waals surface area contributed by atoms with Crippen molar-refractivity contribution < 1.29 is 18.3 Å². The average Bonchev–Trinajstić information content (AvgIpc) is 3.40. The molecule has 10 heteroatoms. The first kappa shape index (κ1) is 20.7. The SMILES string of the molecule is O=C(Nc1nc(CN2CCOCC2)cs1)c1cccn2cc(-c3cc(F)cc(F)c3)nc12. The first-order valence-corrected chi connectivity index (χ1v) is 10.9. The Labute approximate surface area is 186 Å². The number of carbonyl (C=O) groups excluding carboxylic acids is 1. The molecule has 0 saturated carbocycles. The number of hydrogen-bond acceptors (Lipinski definition) is 6. The fraction of sp³-hybridized carbons (Fsp3) is 0.227. The molecule has 7 nitrogen and oxygen atoms in total. The molecule has 0 atom stereocenters.